The van der Waals surface area contributed by atoms with Gasteiger partial charge in [-0.1, -0.05) is 12.1 Å². The van der Waals surface area contributed by atoms with Gasteiger partial charge in [0, 0.05) is 31.7 Å². The first-order valence-corrected chi connectivity index (χ1v) is 7.06. The topological polar surface area (TPSA) is 24.5 Å². The van der Waals surface area contributed by atoms with Crippen molar-refractivity contribution in [3.8, 4) is 5.75 Å². The van der Waals surface area contributed by atoms with Crippen LogP contribution in [0.4, 0.5) is 13.2 Å². The smallest absolute Gasteiger partial charge is 0.406 e. The van der Waals surface area contributed by atoms with Crippen LogP contribution in [0.1, 0.15) is 19.4 Å². The van der Waals surface area contributed by atoms with Crippen LogP contribution in [0.25, 0.3) is 0 Å². The number of hydrogen-bond acceptors (Lipinski definition) is 3. The number of hydrogen-bond donors (Lipinski definition) is 1. The maximum absolute atomic E-state index is 12.1. The lowest BCUT2D eigenvalue weighted by Gasteiger charge is -2.39. The minimum Gasteiger partial charge on any atom is -0.406 e. The Morgan fingerprint density at radius 1 is 1.24 bits per heavy atom. The summed E-state index contributed by atoms with van der Waals surface area (Å²) in [4.78, 5) is 2.37. The zero-order valence-corrected chi connectivity index (χ0v) is 12.3. The molecule has 1 aliphatic heterocycles. The normalized spacial score (nSPS) is 19.5. The maximum Gasteiger partial charge on any atom is 0.573 e. The van der Waals surface area contributed by atoms with Crippen LogP contribution in [0.2, 0.25) is 0 Å². The summed E-state index contributed by atoms with van der Waals surface area (Å²) in [5.41, 5.74) is 1.13. The third kappa shape index (κ3) is 5.55. The first-order chi connectivity index (χ1) is 9.73. The molecule has 0 saturated carbocycles. The van der Waals surface area contributed by atoms with Crippen molar-refractivity contribution in [2.24, 2.45) is 0 Å². The van der Waals surface area contributed by atoms with Gasteiger partial charge in [0.25, 0.3) is 0 Å². The second kappa shape index (κ2) is 6.23. The van der Waals surface area contributed by atoms with Crippen LogP contribution in [0.15, 0.2) is 24.3 Å². The Morgan fingerprint density at radius 3 is 2.48 bits per heavy atom. The van der Waals surface area contributed by atoms with Crippen LogP contribution in [0.3, 0.4) is 0 Å². The lowest BCUT2D eigenvalue weighted by molar-refractivity contribution is -0.274. The van der Waals surface area contributed by atoms with Gasteiger partial charge < -0.3 is 10.1 Å². The van der Waals surface area contributed by atoms with Crippen molar-refractivity contribution in [1.82, 2.24) is 10.2 Å². The van der Waals surface area contributed by atoms with Crippen molar-refractivity contribution in [2.45, 2.75) is 32.2 Å². The molecule has 1 heterocycles. The van der Waals surface area contributed by atoms with Crippen molar-refractivity contribution in [2.75, 3.05) is 26.2 Å². The molecule has 118 valence electrons. The van der Waals surface area contributed by atoms with Crippen molar-refractivity contribution >= 4 is 0 Å². The predicted octanol–water partition coefficient (Wildman–Crippen LogP) is 2.81. The van der Waals surface area contributed by atoms with E-state index in [4.69, 9.17) is 0 Å². The Hall–Kier alpha value is -1.27. The number of ether oxygens (including phenoxy) is 1. The number of alkyl halides is 3. The van der Waals surface area contributed by atoms with Crippen LogP contribution in [0, 0.1) is 0 Å². The van der Waals surface area contributed by atoms with Crippen LogP contribution in [0.5, 0.6) is 5.75 Å². The van der Waals surface area contributed by atoms with Gasteiger partial charge in [-0.3, -0.25) is 4.90 Å². The Balaban J connectivity index is 1.83. The lowest BCUT2D eigenvalue weighted by Crippen LogP contribution is -2.57. The number of halogens is 3. The van der Waals surface area contributed by atoms with E-state index < -0.39 is 6.36 Å². The number of nitrogens with zero attached hydrogens (tertiary/aromatic N) is 1. The molecule has 2 rings (SSSR count). The van der Waals surface area contributed by atoms with Gasteiger partial charge >= 0.3 is 6.36 Å². The molecule has 0 aliphatic carbocycles. The van der Waals surface area contributed by atoms with Crippen molar-refractivity contribution in [1.29, 1.82) is 0 Å². The highest BCUT2D eigenvalue weighted by Gasteiger charge is 2.31. The standard InChI is InChI=1S/C15H21F3N2O/c1-14(2)11-20(10-8-19-14)9-7-12-3-5-13(6-4-12)21-15(16,17)18/h3-6,19H,7-11H2,1-2H3. The van der Waals surface area contributed by atoms with Crippen molar-refractivity contribution in [3.05, 3.63) is 29.8 Å². The van der Waals surface area contributed by atoms with Crippen molar-refractivity contribution < 1.29 is 17.9 Å². The van der Waals surface area contributed by atoms with Crippen LogP contribution >= 0.6 is 0 Å². The second-order valence-corrected chi connectivity index (χ2v) is 6.03. The fraction of sp³-hybridized carbons (Fsp3) is 0.600. The third-order valence-electron chi connectivity index (χ3n) is 3.52. The van der Waals surface area contributed by atoms with Gasteiger partial charge in [-0.15, -0.1) is 13.2 Å². The molecule has 0 bridgehead atoms. The van der Waals surface area contributed by atoms with E-state index in [-0.39, 0.29) is 11.3 Å². The summed E-state index contributed by atoms with van der Waals surface area (Å²) in [6.07, 6.45) is -3.81. The zero-order valence-electron chi connectivity index (χ0n) is 12.3. The molecule has 0 amide bonds. The third-order valence-corrected chi connectivity index (χ3v) is 3.52. The van der Waals surface area contributed by atoms with Gasteiger partial charge in [0.05, 0.1) is 0 Å². The fourth-order valence-electron chi connectivity index (χ4n) is 2.58. The summed E-state index contributed by atoms with van der Waals surface area (Å²) in [5.74, 6) is -0.172. The fourth-order valence-corrected chi connectivity index (χ4v) is 2.58. The van der Waals surface area contributed by atoms with Crippen LogP contribution < -0.4 is 10.1 Å². The molecular weight excluding hydrogens is 281 g/mol. The first kappa shape index (κ1) is 16.1. The average Bonchev–Trinajstić information content (AvgIpc) is 2.35. The van der Waals surface area contributed by atoms with E-state index in [2.05, 4.69) is 28.8 Å². The van der Waals surface area contributed by atoms with Gasteiger partial charge in [-0.05, 0) is 38.0 Å². The molecule has 0 atom stereocenters. The highest BCUT2D eigenvalue weighted by Crippen LogP contribution is 2.23. The molecule has 0 unspecified atom stereocenters. The number of nitrogens with one attached hydrogen (secondary N) is 1. The summed E-state index contributed by atoms with van der Waals surface area (Å²) >= 11 is 0. The molecule has 21 heavy (non-hydrogen) atoms. The molecule has 1 saturated heterocycles. The van der Waals surface area contributed by atoms with Gasteiger partial charge in [0.15, 0.2) is 0 Å². The quantitative estimate of drug-likeness (QED) is 0.925. The molecule has 1 aliphatic rings. The number of rotatable bonds is 4. The van der Waals surface area contributed by atoms with Gasteiger partial charge in [-0.25, -0.2) is 0 Å². The molecular formula is C15H21F3N2O. The summed E-state index contributed by atoms with van der Waals surface area (Å²) in [6, 6.07) is 6.11. The molecule has 1 N–H and O–H groups in total. The largest absolute Gasteiger partial charge is 0.573 e. The van der Waals surface area contributed by atoms with Gasteiger partial charge in [-0.2, -0.15) is 0 Å². The maximum atomic E-state index is 12.1. The second-order valence-electron chi connectivity index (χ2n) is 6.03. The summed E-state index contributed by atoms with van der Waals surface area (Å²) in [6.45, 7) is 8.18. The van der Waals surface area contributed by atoms with E-state index in [1.807, 2.05) is 0 Å². The van der Waals surface area contributed by atoms with Crippen LogP contribution in [-0.4, -0.2) is 43.0 Å². The molecule has 1 aromatic rings. The lowest BCUT2D eigenvalue weighted by atomic mass is 10.0. The Kier molecular flexibility index (Phi) is 4.78. The zero-order chi connectivity index (χ0) is 15.5. The number of benzene rings is 1. The summed E-state index contributed by atoms with van der Waals surface area (Å²) in [5, 5.41) is 3.45. The van der Waals surface area contributed by atoms with Crippen LogP contribution in [-0.2, 0) is 6.42 Å². The SMILES string of the molecule is CC1(C)CN(CCc2ccc(OC(F)(F)F)cc2)CCN1. The molecule has 0 aromatic heterocycles. The Morgan fingerprint density at radius 2 is 1.90 bits per heavy atom. The van der Waals surface area contributed by atoms with Crippen molar-refractivity contribution in [3.63, 3.8) is 0 Å². The summed E-state index contributed by atoms with van der Waals surface area (Å²) < 4.78 is 40.1. The molecule has 0 spiro atoms. The van der Waals surface area contributed by atoms with Gasteiger partial charge in [0.2, 0.25) is 0 Å². The highest BCUT2D eigenvalue weighted by atomic mass is 19.4. The van der Waals surface area contributed by atoms with E-state index >= 15 is 0 Å². The molecule has 0 radical (unpaired) electrons. The van der Waals surface area contributed by atoms with Gasteiger partial charge in [0.1, 0.15) is 5.75 Å². The van der Waals surface area contributed by atoms with E-state index in [0.717, 1.165) is 38.2 Å². The monoisotopic (exact) mass is 302 g/mol. The van der Waals surface area contributed by atoms with E-state index in [9.17, 15) is 13.2 Å². The summed E-state index contributed by atoms with van der Waals surface area (Å²) in [7, 11) is 0. The van der Waals surface area contributed by atoms with E-state index in [1.54, 1.807) is 12.1 Å². The predicted molar refractivity (Wildman–Crippen MR) is 75.4 cm³/mol. The molecule has 1 fully saturated rings. The Bertz CT molecular complexity index is 457. The molecule has 6 heteroatoms. The van der Waals surface area contributed by atoms with E-state index in [1.165, 1.54) is 12.1 Å². The Labute approximate surface area is 123 Å². The first-order valence-electron chi connectivity index (χ1n) is 7.06. The minimum atomic E-state index is -4.63. The minimum absolute atomic E-state index is 0.114. The van der Waals surface area contributed by atoms with E-state index in [0.29, 0.717) is 0 Å². The highest BCUT2D eigenvalue weighted by molar-refractivity contribution is 5.27. The average molecular weight is 302 g/mol. The molecule has 1 aromatic carbocycles. The molecule has 3 nitrogen and oxygen atoms in total. The number of piperazine rings is 1.